The molecule has 0 saturated carbocycles. The maximum Gasteiger partial charge on any atom is 0.334 e. The van der Waals surface area contributed by atoms with E-state index < -0.39 is 12.1 Å². The molecule has 2 aliphatic heterocycles. The Kier molecular flexibility index (Phi) is 4.32. The van der Waals surface area contributed by atoms with Crippen LogP contribution in [-0.2, 0) is 16.1 Å². The van der Waals surface area contributed by atoms with Crippen LogP contribution in [0.2, 0.25) is 0 Å². The molecule has 1 aromatic carbocycles. The summed E-state index contributed by atoms with van der Waals surface area (Å²) in [6, 6.07) is 3.85. The van der Waals surface area contributed by atoms with E-state index in [-0.39, 0.29) is 0 Å². The fraction of sp³-hybridized carbons (Fsp3) is 0.500. The molecule has 3 rings (SSSR count). The van der Waals surface area contributed by atoms with Gasteiger partial charge in [-0.2, -0.15) is 0 Å². The minimum Gasteiger partial charge on any atom is -0.486 e. The Bertz CT molecular complexity index is 550. The molecule has 1 fully saturated rings. The van der Waals surface area contributed by atoms with Crippen molar-refractivity contribution in [3.63, 3.8) is 0 Å². The highest BCUT2D eigenvalue weighted by Crippen LogP contribution is 2.36. The predicted molar refractivity (Wildman–Crippen MR) is 77.8 cm³/mol. The molecule has 1 unspecified atom stereocenters. The van der Waals surface area contributed by atoms with Gasteiger partial charge in [-0.3, -0.25) is 4.90 Å². The highest BCUT2D eigenvalue weighted by molar-refractivity contribution is 9.10. The Balaban J connectivity index is 1.73. The molecule has 1 atom stereocenters. The molecular formula is C14H16BrNO5. The highest BCUT2D eigenvalue weighted by Gasteiger charge is 2.27. The van der Waals surface area contributed by atoms with Gasteiger partial charge in [0, 0.05) is 24.1 Å². The molecule has 0 spiro atoms. The second kappa shape index (κ2) is 6.21. The topological polar surface area (TPSA) is 68.2 Å². The first-order chi connectivity index (χ1) is 10.1. The van der Waals surface area contributed by atoms with E-state index in [1.54, 1.807) is 0 Å². The van der Waals surface area contributed by atoms with Crippen LogP contribution in [0.1, 0.15) is 5.56 Å². The van der Waals surface area contributed by atoms with E-state index in [1.807, 2.05) is 12.1 Å². The third-order valence-electron chi connectivity index (χ3n) is 3.53. The monoisotopic (exact) mass is 357 g/mol. The number of carbonyl (C=O) groups is 1. The molecule has 1 aromatic rings. The molecule has 2 heterocycles. The Hall–Kier alpha value is -1.31. The second-order valence-electron chi connectivity index (χ2n) is 5.02. The summed E-state index contributed by atoms with van der Waals surface area (Å²) in [5.41, 5.74) is 1.05. The summed E-state index contributed by atoms with van der Waals surface area (Å²) in [4.78, 5) is 13.1. The first kappa shape index (κ1) is 14.6. The molecule has 6 nitrogen and oxygen atoms in total. The molecule has 0 radical (unpaired) electrons. The van der Waals surface area contributed by atoms with Crippen molar-refractivity contribution < 1.29 is 24.1 Å². The molecule has 0 aliphatic carbocycles. The van der Waals surface area contributed by atoms with Crippen LogP contribution in [0.4, 0.5) is 0 Å². The fourth-order valence-corrected chi connectivity index (χ4v) is 2.91. The molecule has 2 aliphatic rings. The Labute approximate surface area is 130 Å². The maximum absolute atomic E-state index is 11.0. The number of carboxylic acids is 1. The quantitative estimate of drug-likeness (QED) is 0.884. The van der Waals surface area contributed by atoms with Crippen molar-refractivity contribution in [1.82, 2.24) is 4.90 Å². The van der Waals surface area contributed by atoms with Crippen molar-refractivity contribution in [2.45, 2.75) is 12.6 Å². The molecule has 0 aromatic heterocycles. The largest absolute Gasteiger partial charge is 0.486 e. The molecule has 1 saturated heterocycles. The number of rotatable bonds is 3. The van der Waals surface area contributed by atoms with Crippen LogP contribution in [0.25, 0.3) is 0 Å². The number of aliphatic carboxylic acids is 1. The van der Waals surface area contributed by atoms with Crippen molar-refractivity contribution >= 4 is 21.9 Å². The molecule has 21 heavy (non-hydrogen) atoms. The third kappa shape index (κ3) is 3.30. The second-order valence-corrected chi connectivity index (χ2v) is 5.87. The lowest BCUT2D eigenvalue weighted by Crippen LogP contribution is -2.45. The number of fused-ring (bicyclic) bond motifs is 1. The van der Waals surface area contributed by atoms with E-state index in [0.717, 1.165) is 21.5 Å². The van der Waals surface area contributed by atoms with Gasteiger partial charge >= 0.3 is 5.97 Å². The lowest BCUT2D eigenvalue weighted by atomic mass is 10.1. The summed E-state index contributed by atoms with van der Waals surface area (Å²) >= 11 is 3.54. The van der Waals surface area contributed by atoms with Gasteiger partial charge in [0.25, 0.3) is 0 Å². The Morgan fingerprint density at radius 3 is 2.71 bits per heavy atom. The summed E-state index contributed by atoms with van der Waals surface area (Å²) in [7, 11) is 0. The van der Waals surface area contributed by atoms with Crippen molar-refractivity contribution in [3.05, 3.63) is 22.2 Å². The van der Waals surface area contributed by atoms with Gasteiger partial charge in [0.1, 0.15) is 13.2 Å². The van der Waals surface area contributed by atoms with Gasteiger partial charge in [-0.25, -0.2) is 4.79 Å². The van der Waals surface area contributed by atoms with E-state index in [1.165, 1.54) is 0 Å². The number of benzene rings is 1. The van der Waals surface area contributed by atoms with E-state index in [4.69, 9.17) is 19.3 Å². The average molecular weight is 358 g/mol. The summed E-state index contributed by atoms with van der Waals surface area (Å²) in [5, 5.41) is 9.04. The van der Waals surface area contributed by atoms with Gasteiger partial charge in [0.15, 0.2) is 17.6 Å². The van der Waals surface area contributed by atoms with E-state index >= 15 is 0 Å². The van der Waals surface area contributed by atoms with E-state index in [0.29, 0.717) is 39.5 Å². The Morgan fingerprint density at radius 1 is 1.29 bits per heavy atom. The summed E-state index contributed by atoms with van der Waals surface area (Å²) in [6.45, 7) is 3.28. The zero-order chi connectivity index (χ0) is 14.8. The minimum absolute atomic E-state index is 0.385. The van der Waals surface area contributed by atoms with Gasteiger partial charge in [0.05, 0.1) is 6.61 Å². The van der Waals surface area contributed by atoms with Crippen molar-refractivity contribution in [2.24, 2.45) is 0 Å². The molecule has 1 N–H and O–H groups in total. The molecule has 114 valence electrons. The zero-order valence-corrected chi connectivity index (χ0v) is 13.0. The Morgan fingerprint density at radius 2 is 2.00 bits per heavy atom. The van der Waals surface area contributed by atoms with Crippen molar-refractivity contribution in [1.29, 1.82) is 0 Å². The van der Waals surface area contributed by atoms with Crippen molar-refractivity contribution in [2.75, 3.05) is 32.9 Å². The summed E-state index contributed by atoms with van der Waals surface area (Å²) in [6.07, 6.45) is -0.755. The SMILES string of the molecule is O=C(O)C1CN(Cc2cc3c(cc2Br)OCCO3)CCO1. The van der Waals surface area contributed by atoms with Crippen LogP contribution in [0.5, 0.6) is 11.5 Å². The number of nitrogens with zero attached hydrogens (tertiary/aromatic N) is 1. The molecule has 0 amide bonds. The van der Waals surface area contributed by atoms with Gasteiger partial charge < -0.3 is 19.3 Å². The van der Waals surface area contributed by atoms with Crippen LogP contribution in [0, 0.1) is 0 Å². The highest BCUT2D eigenvalue weighted by atomic mass is 79.9. The number of halogens is 1. The number of carboxylic acid groups (broad SMARTS) is 1. The number of hydrogen-bond acceptors (Lipinski definition) is 5. The average Bonchev–Trinajstić information content (AvgIpc) is 2.48. The van der Waals surface area contributed by atoms with Crippen LogP contribution < -0.4 is 9.47 Å². The predicted octanol–water partition coefficient (Wildman–Crippen LogP) is 1.51. The minimum atomic E-state index is -0.916. The van der Waals surface area contributed by atoms with Gasteiger partial charge in [-0.15, -0.1) is 0 Å². The van der Waals surface area contributed by atoms with Crippen molar-refractivity contribution in [3.8, 4) is 11.5 Å². The lowest BCUT2D eigenvalue weighted by molar-refractivity contribution is -0.156. The number of ether oxygens (including phenoxy) is 3. The van der Waals surface area contributed by atoms with Crippen LogP contribution in [0.15, 0.2) is 16.6 Å². The van der Waals surface area contributed by atoms with Crippen LogP contribution in [0.3, 0.4) is 0 Å². The number of hydrogen-bond donors (Lipinski definition) is 1. The van der Waals surface area contributed by atoms with E-state index in [2.05, 4.69) is 20.8 Å². The summed E-state index contributed by atoms with van der Waals surface area (Å²) < 4.78 is 17.3. The van der Waals surface area contributed by atoms with Gasteiger partial charge in [-0.1, -0.05) is 15.9 Å². The van der Waals surface area contributed by atoms with Crippen LogP contribution in [-0.4, -0.2) is 55.0 Å². The number of morpholine rings is 1. The molecule has 0 bridgehead atoms. The van der Waals surface area contributed by atoms with Crippen LogP contribution >= 0.6 is 15.9 Å². The smallest absolute Gasteiger partial charge is 0.334 e. The molecular weight excluding hydrogens is 342 g/mol. The molecule has 7 heteroatoms. The summed E-state index contributed by atoms with van der Waals surface area (Å²) in [5.74, 6) is 0.561. The first-order valence-corrected chi connectivity index (χ1v) is 7.57. The first-order valence-electron chi connectivity index (χ1n) is 6.78. The zero-order valence-electron chi connectivity index (χ0n) is 11.4. The maximum atomic E-state index is 11.0. The standard InChI is InChI=1S/C14H16BrNO5/c15-10-6-12-11(20-3-4-21-12)5-9(10)7-16-1-2-19-13(8-16)14(17)18/h5-6,13H,1-4,7-8H2,(H,17,18). The van der Waals surface area contributed by atoms with Gasteiger partial charge in [0.2, 0.25) is 0 Å². The van der Waals surface area contributed by atoms with E-state index in [9.17, 15) is 4.79 Å². The lowest BCUT2D eigenvalue weighted by Gasteiger charge is -2.31. The van der Waals surface area contributed by atoms with Gasteiger partial charge in [-0.05, 0) is 17.7 Å². The normalized spacial score (nSPS) is 22.0. The fourth-order valence-electron chi connectivity index (χ4n) is 2.46. The third-order valence-corrected chi connectivity index (χ3v) is 4.27.